The Morgan fingerprint density at radius 2 is 1.86 bits per heavy atom. The van der Waals surface area contributed by atoms with E-state index in [0.717, 1.165) is 40.6 Å². The van der Waals surface area contributed by atoms with E-state index in [1.165, 1.54) is 19.3 Å². The minimum absolute atomic E-state index is 0.375. The fourth-order valence-electron chi connectivity index (χ4n) is 3.39. The number of hydrogen-bond acceptors (Lipinski definition) is 5. The fraction of sp³-hybridized carbons (Fsp3) is 0.273. The topological polar surface area (TPSA) is 68.0 Å². The zero-order valence-electron chi connectivity index (χ0n) is 16.3. The van der Waals surface area contributed by atoms with Gasteiger partial charge in [0.15, 0.2) is 5.65 Å². The number of unbranched alkanes of at least 4 members (excludes halogenated alkanes) is 3. The number of fused-ring (bicyclic) bond motifs is 3. The molecule has 0 atom stereocenters. The average Bonchev–Trinajstić information content (AvgIpc) is 3.06. The lowest BCUT2D eigenvalue weighted by atomic mass is 10.2. The van der Waals surface area contributed by atoms with E-state index in [1.54, 1.807) is 6.21 Å². The molecule has 0 radical (unpaired) electrons. The van der Waals surface area contributed by atoms with Crippen molar-refractivity contribution in [3.05, 3.63) is 59.1 Å². The van der Waals surface area contributed by atoms with Gasteiger partial charge in [-0.1, -0.05) is 68.1 Å². The lowest BCUT2D eigenvalue weighted by Gasteiger charge is -2.06. The quantitative estimate of drug-likeness (QED) is 0.233. The number of nitrogens with one attached hydrogen (secondary N) is 1. The number of hydrazone groups is 1. The maximum absolute atomic E-state index is 5.91. The Labute approximate surface area is 174 Å². The predicted molar refractivity (Wildman–Crippen MR) is 120 cm³/mol. The third-order valence-electron chi connectivity index (χ3n) is 4.86. The first-order chi connectivity index (χ1) is 14.3. The Morgan fingerprint density at radius 3 is 2.69 bits per heavy atom. The molecule has 0 unspecified atom stereocenters. The minimum Gasteiger partial charge on any atom is -0.324 e. The standard InChI is InChI=1S/C22H23ClN6/c1-2-3-4-7-14-29-19-9-6-5-8-18(19)20-21(29)25-22(28-26-20)27-24-15-16-10-12-17(23)13-11-16/h5-6,8-13,15H,2-4,7,14H2,1H3,(H,25,27,28)/b24-15+. The summed E-state index contributed by atoms with van der Waals surface area (Å²) < 4.78 is 2.24. The van der Waals surface area contributed by atoms with E-state index in [1.807, 2.05) is 36.4 Å². The highest BCUT2D eigenvalue weighted by Gasteiger charge is 2.14. The van der Waals surface area contributed by atoms with Gasteiger partial charge in [0.25, 0.3) is 5.95 Å². The second-order valence-corrected chi connectivity index (χ2v) is 7.40. The van der Waals surface area contributed by atoms with Crippen molar-refractivity contribution in [2.24, 2.45) is 5.10 Å². The van der Waals surface area contributed by atoms with Crippen molar-refractivity contribution in [3.8, 4) is 0 Å². The number of rotatable bonds is 8. The number of benzene rings is 2. The maximum Gasteiger partial charge on any atom is 0.265 e. The number of aromatic nitrogens is 4. The lowest BCUT2D eigenvalue weighted by Crippen LogP contribution is -2.03. The Hall–Kier alpha value is -2.99. The van der Waals surface area contributed by atoms with Crippen LogP contribution in [0.3, 0.4) is 0 Å². The maximum atomic E-state index is 5.91. The summed E-state index contributed by atoms with van der Waals surface area (Å²) in [7, 11) is 0. The van der Waals surface area contributed by atoms with Gasteiger partial charge in [-0.25, -0.2) is 5.43 Å². The molecular weight excluding hydrogens is 384 g/mol. The van der Waals surface area contributed by atoms with Crippen LogP contribution in [-0.2, 0) is 6.54 Å². The second-order valence-electron chi connectivity index (χ2n) is 6.96. The largest absolute Gasteiger partial charge is 0.324 e. The van der Waals surface area contributed by atoms with E-state index >= 15 is 0 Å². The van der Waals surface area contributed by atoms with Gasteiger partial charge in [-0.05, 0) is 30.2 Å². The van der Waals surface area contributed by atoms with Gasteiger partial charge in [-0.15, -0.1) is 10.2 Å². The van der Waals surface area contributed by atoms with Crippen LogP contribution in [0.25, 0.3) is 22.1 Å². The van der Waals surface area contributed by atoms with Crippen LogP contribution in [0.2, 0.25) is 5.02 Å². The smallest absolute Gasteiger partial charge is 0.265 e. The molecule has 0 saturated carbocycles. The number of halogens is 1. The van der Waals surface area contributed by atoms with E-state index in [2.05, 4.69) is 44.3 Å². The van der Waals surface area contributed by atoms with Crippen molar-refractivity contribution in [2.75, 3.05) is 5.43 Å². The van der Waals surface area contributed by atoms with Crippen LogP contribution in [0.15, 0.2) is 53.6 Å². The monoisotopic (exact) mass is 406 g/mol. The minimum atomic E-state index is 0.375. The number of hydrogen-bond donors (Lipinski definition) is 1. The highest BCUT2D eigenvalue weighted by molar-refractivity contribution is 6.30. The van der Waals surface area contributed by atoms with Crippen LogP contribution in [0.4, 0.5) is 5.95 Å². The Bertz CT molecular complexity index is 1130. The van der Waals surface area contributed by atoms with Crippen molar-refractivity contribution in [1.29, 1.82) is 0 Å². The molecule has 4 aromatic rings. The van der Waals surface area contributed by atoms with Crippen LogP contribution < -0.4 is 5.43 Å². The van der Waals surface area contributed by atoms with E-state index in [4.69, 9.17) is 16.6 Å². The van der Waals surface area contributed by atoms with E-state index in [9.17, 15) is 0 Å². The Balaban J connectivity index is 1.61. The average molecular weight is 407 g/mol. The van der Waals surface area contributed by atoms with Gasteiger partial charge in [0.2, 0.25) is 0 Å². The molecule has 0 aliphatic rings. The summed E-state index contributed by atoms with van der Waals surface area (Å²) in [5, 5.41) is 14.6. The molecule has 7 heteroatoms. The van der Waals surface area contributed by atoms with Gasteiger partial charge in [-0.3, -0.25) is 0 Å². The van der Waals surface area contributed by atoms with Crippen molar-refractivity contribution in [2.45, 2.75) is 39.2 Å². The summed E-state index contributed by atoms with van der Waals surface area (Å²) in [6.45, 7) is 3.14. The second kappa shape index (κ2) is 9.01. The van der Waals surface area contributed by atoms with Crippen LogP contribution >= 0.6 is 11.6 Å². The van der Waals surface area contributed by atoms with E-state index in [-0.39, 0.29) is 0 Å². The van der Waals surface area contributed by atoms with Gasteiger partial charge >= 0.3 is 0 Å². The van der Waals surface area contributed by atoms with Crippen molar-refractivity contribution in [3.63, 3.8) is 0 Å². The SMILES string of the molecule is CCCCCCn1c2ccccc2c2nnc(N/N=C/c3ccc(Cl)cc3)nc21. The summed E-state index contributed by atoms with van der Waals surface area (Å²) in [6.07, 6.45) is 6.49. The predicted octanol–water partition coefficient (Wildman–Crippen LogP) is 5.66. The molecule has 0 spiro atoms. The number of aryl methyl sites for hydroxylation is 1. The molecule has 0 amide bonds. The van der Waals surface area contributed by atoms with Gasteiger partial charge < -0.3 is 4.57 Å². The third-order valence-corrected chi connectivity index (χ3v) is 5.11. The number of nitrogens with zero attached hydrogens (tertiary/aromatic N) is 5. The van der Waals surface area contributed by atoms with Crippen molar-refractivity contribution in [1.82, 2.24) is 19.7 Å². The third kappa shape index (κ3) is 4.38. The van der Waals surface area contributed by atoms with E-state index in [0.29, 0.717) is 11.0 Å². The molecule has 2 aromatic heterocycles. The first-order valence-corrected chi connectivity index (χ1v) is 10.3. The zero-order valence-corrected chi connectivity index (χ0v) is 17.1. The molecule has 29 heavy (non-hydrogen) atoms. The highest BCUT2D eigenvalue weighted by Crippen LogP contribution is 2.26. The molecule has 0 aliphatic carbocycles. The Kier molecular flexibility index (Phi) is 6.00. The first-order valence-electron chi connectivity index (χ1n) is 9.92. The van der Waals surface area contributed by atoms with Crippen LogP contribution in [-0.4, -0.2) is 26.0 Å². The summed E-state index contributed by atoms with van der Waals surface area (Å²) in [4.78, 5) is 4.70. The molecular formula is C22H23ClN6. The summed E-state index contributed by atoms with van der Waals surface area (Å²) in [5.74, 6) is 0.375. The van der Waals surface area contributed by atoms with Gasteiger partial charge in [-0.2, -0.15) is 10.1 Å². The van der Waals surface area contributed by atoms with Crippen LogP contribution in [0.1, 0.15) is 38.2 Å². The summed E-state index contributed by atoms with van der Waals surface area (Å²) in [5.41, 5.74) is 6.62. The van der Waals surface area contributed by atoms with Gasteiger partial charge in [0.1, 0.15) is 5.52 Å². The van der Waals surface area contributed by atoms with Crippen molar-refractivity contribution < 1.29 is 0 Å². The zero-order chi connectivity index (χ0) is 20.1. The fourth-order valence-corrected chi connectivity index (χ4v) is 3.51. The molecule has 0 aliphatic heterocycles. The molecule has 2 aromatic carbocycles. The summed E-state index contributed by atoms with van der Waals surface area (Å²) in [6, 6.07) is 15.7. The first kappa shape index (κ1) is 19.3. The van der Waals surface area contributed by atoms with E-state index < -0.39 is 0 Å². The molecule has 6 nitrogen and oxygen atoms in total. The molecule has 1 N–H and O–H groups in total. The van der Waals surface area contributed by atoms with Gasteiger partial charge in [0.05, 0.1) is 11.7 Å². The number of anilines is 1. The number of para-hydroxylation sites is 1. The molecule has 4 rings (SSSR count). The van der Waals surface area contributed by atoms with Gasteiger partial charge in [0, 0.05) is 17.0 Å². The van der Waals surface area contributed by atoms with Crippen molar-refractivity contribution >= 4 is 45.8 Å². The Morgan fingerprint density at radius 1 is 1.03 bits per heavy atom. The normalized spacial score (nSPS) is 11.7. The van der Waals surface area contributed by atoms with Crippen LogP contribution in [0.5, 0.6) is 0 Å². The molecule has 0 fully saturated rings. The molecule has 148 valence electrons. The molecule has 2 heterocycles. The molecule has 0 bridgehead atoms. The molecule has 0 saturated heterocycles. The van der Waals surface area contributed by atoms with Crippen LogP contribution in [0, 0.1) is 0 Å². The highest BCUT2D eigenvalue weighted by atomic mass is 35.5. The lowest BCUT2D eigenvalue weighted by molar-refractivity contribution is 0.600. The summed E-state index contributed by atoms with van der Waals surface area (Å²) >= 11 is 5.91.